The number of ether oxygens (including phenoxy) is 1. The summed E-state index contributed by atoms with van der Waals surface area (Å²) in [5, 5.41) is 0. The second-order valence-electron chi connectivity index (χ2n) is 4.08. The SMILES string of the molecule is O=C(OCC=Cc1ccccc1)C1CC=CC1. The molecular formula is C15H16O2. The summed E-state index contributed by atoms with van der Waals surface area (Å²) >= 11 is 0. The van der Waals surface area contributed by atoms with Gasteiger partial charge in [-0.1, -0.05) is 48.6 Å². The Bertz CT molecular complexity index is 410. The lowest BCUT2D eigenvalue weighted by Crippen LogP contribution is -2.14. The number of carbonyl (C=O) groups is 1. The minimum absolute atomic E-state index is 0.0418. The number of carbonyl (C=O) groups excluding carboxylic acids is 1. The molecule has 2 nitrogen and oxygen atoms in total. The van der Waals surface area contributed by atoms with Crippen LogP contribution in [0, 0.1) is 5.92 Å². The smallest absolute Gasteiger partial charge is 0.309 e. The normalized spacial score (nSPS) is 15.5. The van der Waals surface area contributed by atoms with Crippen LogP contribution < -0.4 is 0 Å². The van der Waals surface area contributed by atoms with E-state index < -0.39 is 0 Å². The largest absolute Gasteiger partial charge is 0.461 e. The molecule has 0 spiro atoms. The molecular weight excluding hydrogens is 212 g/mol. The molecule has 0 aromatic heterocycles. The minimum Gasteiger partial charge on any atom is -0.461 e. The molecule has 0 saturated carbocycles. The molecule has 0 unspecified atom stereocenters. The molecule has 0 amide bonds. The maximum Gasteiger partial charge on any atom is 0.309 e. The van der Waals surface area contributed by atoms with Gasteiger partial charge in [0, 0.05) is 0 Å². The fourth-order valence-electron chi connectivity index (χ4n) is 1.81. The molecule has 2 rings (SSSR count). The van der Waals surface area contributed by atoms with Crippen molar-refractivity contribution in [3.63, 3.8) is 0 Å². The van der Waals surface area contributed by atoms with Crippen molar-refractivity contribution in [3.8, 4) is 0 Å². The van der Waals surface area contributed by atoms with Gasteiger partial charge in [-0.3, -0.25) is 4.79 Å². The molecule has 0 N–H and O–H groups in total. The summed E-state index contributed by atoms with van der Waals surface area (Å²) < 4.78 is 5.18. The standard InChI is InChI=1S/C15H16O2/c16-15(14-10-4-5-11-14)17-12-6-9-13-7-2-1-3-8-13/h1-9,14H,10-12H2. The van der Waals surface area contributed by atoms with Crippen molar-refractivity contribution in [2.45, 2.75) is 12.8 Å². The van der Waals surface area contributed by atoms with E-state index >= 15 is 0 Å². The molecule has 2 heteroatoms. The number of hydrogen-bond acceptors (Lipinski definition) is 2. The Kier molecular flexibility index (Phi) is 4.14. The topological polar surface area (TPSA) is 26.3 Å². The number of rotatable bonds is 4. The molecule has 1 aromatic carbocycles. The summed E-state index contributed by atoms with van der Waals surface area (Å²) in [6.07, 6.45) is 9.54. The van der Waals surface area contributed by atoms with Crippen LogP contribution in [0.3, 0.4) is 0 Å². The summed E-state index contributed by atoms with van der Waals surface area (Å²) in [6.45, 7) is 0.351. The molecule has 0 fully saturated rings. The van der Waals surface area contributed by atoms with Crippen molar-refractivity contribution < 1.29 is 9.53 Å². The summed E-state index contributed by atoms with van der Waals surface area (Å²) in [5.74, 6) is -0.0483. The van der Waals surface area contributed by atoms with Gasteiger partial charge in [-0.05, 0) is 24.5 Å². The Morgan fingerprint density at radius 2 is 1.94 bits per heavy atom. The zero-order valence-corrected chi connectivity index (χ0v) is 9.71. The van der Waals surface area contributed by atoms with Crippen LogP contribution in [-0.2, 0) is 9.53 Å². The first-order valence-corrected chi connectivity index (χ1v) is 5.89. The fraction of sp³-hybridized carbons (Fsp3) is 0.267. The highest BCUT2D eigenvalue weighted by Crippen LogP contribution is 2.18. The van der Waals surface area contributed by atoms with Gasteiger partial charge in [-0.2, -0.15) is 0 Å². The Hall–Kier alpha value is -1.83. The van der Waals surface area contributed by atoms with Crippen molar-refractivity contribution in [3.05, 3.63) is 54.1 Å². The molecule has 0 aliphatic heterocycles. The molecule has 1 aromatic rings. The maximum atomic E-state index is 11.6. The Morgan fingerprint density at radius 1 is 1.24 bits per heavy atom. The van der Waals surface area contributed by atoms with Crippen molar-refractivity contribution >= 4 is 12.0 Å². The number of esters is 1. The third-order valence-electron chi connectivity index (χ3n) is 2.77. The molecule has 0 saturated heterocycles. The molecule has 0 heterocycles. The first-order valence-electron chi connectivity index (χ1n) is 5.89. The van der Waals surface area contributed by atoms with E-state index in [1.54, 1.807) is 0 Å². The van der Waals surface area contributed by atoms with Crippen molar-refractivity contribution in [2.24, 2.45) is 5.92 Å². The molecule has 88 valence electrons. The van der Waals surface area contributed by atoms with Crippen molar-refractivity contribution in [1.82, 2.24) is 0 Å². The highest BCUT2D eigenvalue weighted by Gasteiger charge is 2.19. The summed E-state index contributed by atoms with van der Waals surface area (Å²) in [6, 6.07) is 9.97. The van der Waals surface area contributed by atoms with Gasteiger partial charge < -0.3 is 4.74 Å². The average Bonchev–Trinajstić information content (AvgIpc) is 2.89. The highest BCUT2D eigenvalue weighted by atomic mass is 16.5. The Morgan fingerprint density at radius 3 is 2.65 bits per heavy atom. The fourth-order valence-corrected chi connectivity index (χ4v) is 1.81. The van der Waals surface area contributed by atoms with Gasteiger partial charge >= 0.3 is 5.97 Å². The molecule has 1 aliphatic carbocycles. The van der Waals surface area contributed by atoms with Crippen LogP contribution >= 0.6 is 0 Å². The monoisotopic (exact) mass is 228 g/mol. The van der Waals surface area contributed by atoms with Gasteiger partial charge in [0.2, 0.25) is 0 Å². The highest BCUT2D eigenvalue weighted by molar-refractivity contribution is 5.73. The van der Waals surface area contributed by atoms with Crippen LogP contribution in [0.1, 0.15) is 18.4 Å². The van der Waals surface area contributed by atoms with Gasteiger partial charge in [-0.15, -0.1) is 0 Å². The van der Waals surface area contributed by atoms with Crippen molar-refractivity contribution in [1.29, 1.82) is 0 Å². The van der Waals surface area contributed by atoms with Crippen LogP contribution in [0.15, 0.2) is 48.6 Å². The van der Waals surface area contributed by atoms with E-state index in [0.717, 1.165) is 18.4 Å². The van der Waals surface area contributed by atoms with Crippen LogP contribution in [0.5, 0.6) is 0 Å². The lowest BCUT2D eigenvalue weighted by atomic mass is 10.1. The van der Waals surface area contributed by atoms with Gasteiger partial charge in [0.15, 0.2) is 0 Å². The minimum atomic E-state index is -0.0901. The van der Waals surface area contributed by atoms with Gasteiger partial charge in [-0.25, -0.2) is 0 Å². The van der Waals surface area contributed by atoms with Gasteiger partial charge in [0.05, 0.1) is 5.92 Å². The van der Waals surface area contributed by atoms with E-state index in [1.165, 1.54) is 0 Å². The second kappa shape index (κ2) is 6.04. The maximum absolute atomic E-state index is 11.6. The number of benzene rings is 1. The summed E-state index contributed by atoms with van der Waals surface area (Å²) in [7, 11) is 0. The molecule has 0 radical (unpaired) electrons. The van der Waals surface area contributed by atoms with Crippen LogP contribution in [0.25, 0.3) is 6.08 Å². The lowest BCUT2D eigenvalue weighted by molar-refractivity contribution is -0.146. The van der Waals surface area contributed by atoms with E-state index in [-0.39, 0.29) is 11.9 Å². The van der Waals surface area contributed by atoms with E-state index in [4.69, 9.17) is 4.74 Å². The first kappa shape index (κ1) is 11.6. The number of allylic oxidation sites excluding steroid dienone is 2. The third-order valence-corrected chi connectivity index (χ3v) is 2.77. The lowest BCUT2D eigenvalue weighted by Gasteiger charge is -2.07. The number of hydrogen-bond donors (Lipinski definition) is 0. The summed E-state index contributed by atoms with van der Waals surface area (Å²) in [4.78, 5) is 11.6. The molecule has 0 bridgehead atoms. The second-order valence-corrected chi connectivity index (χ2v) is 4.08. The van der Waals surface area contributed by atoms with Crippen LogP contribution in [0.4, 0.5) is 0 Å². The molecule has 1 aliphatic rings. The zero-order valence-electron chi connectivity index (χ0n) is 9.71. The van der Waals surface area contributed by atoms with Gasteiger partial charge in [0.1, 0.15) is 6.61 Å². The van der Waals surface area contributed by atoms with E-state index in [1.807, 2.05) is 54.6 Å². The Labute approximate surface area is 102 Å². The predicted octanol–water partition coefficient (Wildman–Crippen LogP) is 3.21. The first-order chi connectivity index (χ1) is 8.36. The van der Waals surface area contributed by atoms with Crippen LogP contribution in [-0.4, -0.2) is 12.6 Å². The summed E-state index contributed by atoms with van der Waals surface area (Å²) in [5.41, 5.74) is 1.12. The predicted molar refractivity (Wildman–Crippen MR) is 68.3 cm³/mol. The van der Waals surface area contributed by atoms with E-state index in [9.17, 15) is 4.79 Å². The molecule has 17 heavy (non-hydrogen) atoms. The molecule has 0 atom stereocenters. The van der Waals surface area contributed by atoms with Gasteiger partial charge in [0.25, 0.3) is 0 Å². The Balaban J connectivity index is 1.72. The van der Waals surface area contributed by atoms with Crippen molar-refractivity contribution in [2.75, 3.05) is 6.61 Å². The van der Waals surface area contributed by atoms with Crippen LogP contribution in [0.2, 0.25) is 0 Å². The quantitative estimate of drug-likeness (QED) is 0.584. The average molecular weight is 228 g/mol. The van der Waals surface area contributed by atoms with E-state index in [0.29, 0.717) is 6.61 Å². The third kappa shape index (κ3) is 3.59. The zero-order chi connectivity index (χ0) is 11.9. The van der Waals surface area contributed by atoms with E-state index in [2.05, 4.69) is 0 Å².